The molecule has 1 aromatic heterocycles. The molecule has 1 spiro atoms. The number of hydrogen-bond donors (Lipinski definition) is 1. The van der Waals surface area contributed by atoms with Crippen molar-refractivity contribution in [3.8, 4) is 17.4 Å². The van der Waals surface area contributed by atoms with Crippen LogP contribution in [0.5, 0.6) is 17.4 Å². The highest BCUT2D eigenvalue weighted by Gasteiger charge is 2.57. The number of anilines is 3. The Bertz CT molecular complexity index is 1570. The zero-order chi connectivity index (χ0) is 30.7. The minimum absolute atomic E-state index is 0.0284. The van der Waals surface area contributed by atoms with Gasteiger partial charge in [-0.3, -0.25) is 4.79 Å². The Balaban J connectivity index is 1.30. The van der Waals surface area contributed by atoms with Crippen LogP contribution in [0, 0.1) is 5.82 Å². The van der Waals surface area contributed by atoms with E-state index in [1.54, 1.807) is 30.1 Å². The molecule has 1 aliphatic carbocycles. The number of amides is 1. The third-order valence-electron chi connectivity index (χ3n) is 8.73. The van der Waals surface area contributed by atoms with Gasteiger partial charge in [0.05, 0.1) is 29.6 Å². The normalized spacial score (nSPS) is 17.9. The van der Waals surface area contributed by atoms with Crippen molar-refractivity contribution in [1.29, 1.82) is 0 Å². The lowest BCUT2D eigenvalue weighted by Gasteiger charge is -2.36. The number of rotatable bonds is 7. The third-order valence-corrected chi connectivity index (χ3v) is 8.73. The van der Waals surface area contributed by atoms with E-state index in [0.29, 0.717) is 31.0 Å². The van der Waals surface area contributed by atoms with Gasteiger partial charge in [-0.25, -0.2) is 9.37 Å². The lowest BCUT2D eigenvalue weighted by molar-refractivity contribution is -0.139. The van der Waals surface area contributed by atoms with Gasteiger partial charge in [-0.15, -0.1) is 0 Å². The predicted molar refractivity (Wildman–Crippen MR) is 152 cm³/mol. The Kier molecular flexibility index (Phi) is 7.10. The lowest BCUT2D eigenvalue weighted by Crippen LogP contribution is -2.42. The molecule has 1 amide bonds. The largest absolute Gasteiger partial charge is 0.494 e. The fraction of sp³-hybridized carbons (Fsp3) is 0.433. The molecule has 1 saturated carbocycles. The summed E-state index contributed by atoms with van der Waals surface area (Å²) in [5.41, 5.74) is -0.206. The molecular formula is C30H32F4N6O3. The van der Waals surface area contributed by atoms with E-state index in [4.69, 9.17) is 9.47 Å². The van der Waals surface area contributed by atoms with Crippen LogP contribution in [0.2, 0.25) is 0 Å². The quantitative estimate of drug-likeness (QED) is 0.342. The lowest BCUT2D eigenvalue weighted by atomic mass is 10.0. The topological polar surface area (TPSA) is 83.1 Å². The maximum absolute atomic E-state index is 15.4. The Morgan fingerprint density at radius 1 is 1.12 bits per heavy atom. The van der Waals surface area contributed by atoms with Crippen molar-refractivity contribution in [2.45, 2.75) is 43.4 Å². The molecule has 43 heavy (non-hydrogen) atoms. The first-order chi connectivity index (χ1) is 20.4. The van der Waals surface area contributed by atoms with Crippen LogP contribution in [0.1, 0.15) is 47.2 Å². The van der Waals surface area contributed by atoms with Crippen LogP contribution in [0.4, 0.5) is 34.9 Å². The van der Waals surface area contributed by atoms with Crippen LogP contribution in [-0.2, 0) is 11.7 Å². The Hall–Kier alpha value is -4.13. The number of nitrogens with zero attached hydrogens (tertiary/aromatic N) is 5. The van der Waals surface area contributed by atoms with Crippen LogP contribution in [0.15, 0.2) is 36.5 Å². The van der Waals surface area contributed by atoms with Gasteiger partial charge in [0.15, 0.2) is 0 Å². The number of piperidine rings is 1. The van der Waals surface area contributed by atoms with E-state index in [-0.39, 0.29) is 34.6 Å². The molecule has 1 saturated heterocycles. The standard InChI is InChI=1S/C30H32F4N6O3/c1-38(2)17-8-12-40(13-9-17)22-15-24(42-4)21(14-20(22)31)36-28-35-16-19(30(32,33)34)26(37-28)43-23-7-5-6-18-25(23)27(41)39(3)29(18)10-11-29/h5-7,14-17H,8-13H2,1-4H3,(H,35,36,37). The van der Waals surface area contributed by atoms with Gasteiger partial charge in [0.1, 0.15) is 22.9 Å². The molecule has 0 unspecified atom stereocenters. The number of aromatic nitrogens is 2. The van der Waals surface area contributed by atoms with E-state index in [1.807, 2.05) is 19.0 Å². The van der Waals surface area contributed by atoms with E-state index in [0.717, 1.165) is 31.2 Å². The Labute approximate surface area is 246 Å². The molecule has 3 aliphatic rings. The highest BCUT2D eigenvalue weighted by Crippen LogP contribution is 2.57. The number of carbonyl (C=O) groups is 1. The predicted octanol–water partition coefficient (Wildman–Crippen LogP) is 5.78. The third kappa shape index (κ3) is 5.09. The van der Waals surface area contributed by atoms with Crippen LogP contribution in [0.3, 0.4) is 0 Å². The summed E-state index contributed by atoms with van der Waals surface area (Å²) < 4.78 is 68.5. The molecule has 2 fully saturated rings. The van der Waals surface area contributed by atoms with Crippen molar-refractivity contribution in [2.24, 2.45) is 0 Å². The van der Waals surface area contributed by atoms with E-state index in [1.165, 1.54) is 19.2 Å². The summed E-state index contributed by atoms with van der Waals surface area (Å²) in [6, 6.07) is 8.07. The zero-order valence-electron chi connectivity index (χ0n) is 24.3. The maximum atomic E-state index is 15.4. The average Bonchev–Trinajstić information content (AvgIpc) is 3.75. The van der Waals surface area contributed by atoms with Gasteiger partial charge in [0.2, 0.25) is 11.8 Å². The smallest absolute Gasteiger partial charge is 0.423 e. The summed E-state index contributed by atoms with van der Waals surface area (Å²) in [5, 5.41) is 2.78. The monoisotopic (exact) mass is 600 g/mol. The summed E-state index contributed by atoms with van der Waals surface area (Å²) in [7, 11) is 7.14. The van der Waals surface area contributed by atoms with Crippen molar-refractivity contribution < 1.29 is 31.8 Å². The summed E-state index contributed by atoms with van der Waals surface area (Å²) in [6.07, 6.45) is -0.944. The van der Waals surface area contributed by atoms with Crippen molar-refractivity contribution in [3.05, 3.63) is 59.0 Å². The summed E-state index contributed by atoms with van der Waals surface area (Å²) in [4.78, 5) is 26.6. The van der Waals surface area contributed by atoms with Crippen molar-refractivity contribution in [2.75, 3.05) is 51.6 Å². The average molecular weight is 601 g/mol. The Morgan fingerprint density at radius 3 is 2.47 bits per heavy atom. The number of ether oxygens (including phenoxy) is 2. The fourth-order valence-corrected chi connectivity index (χ4v) is 6.09. The molecule has 1 N–H and O–H groups in total. The minimum atomic E-state index is -4.84. The molecule has 0 bridgehead atoms. The number of carbonyl (C=O) groups excluding carboxylic acids is 1. The van der Waals surface area contributed by atoms with Gasteiger partial charge >= 0.3 is 6.18 Å². The first-order valence-electron chi connectivity index (χ1n) is 14.0. The second-order valence-electron chi connectivity index (χ2n) is 11.4. The highest BCUT2D eigenvalue weighted by molar-refractivity contribution is 6.03. The van der Waals surface area contributed by atoms with E-state index in [9.17, 15) is 18.0 Å². The molecule has 13 heteroatoms. The maximum Gasteiger partial charge on any atom is 0.423 e. The number of fused-ring (bicyclic) bond motifs is 2. The fourth-order valence-electron chi connectivity index (χ4n) is 6.09. The van der Waals surface area contributed by atoms with Crippen molar-refractivity contribution >= 4 is 23.2 Å². The number of methoxy groups -OCH3 is 1. The molecule has 0 radical (unpaired) electrons. The van der Waals surface area contributed by atoms with Crippen LogP contribution in [0.25, 0.3) is 0 Å². The molecule has 2 aliphatic heterocycles. The first-order valence-corrected chi connectivity index (χ1v) is 14.0. The first kappa shape index (κ1) is 29.0. The molecule has 3 heterocycles. The van der Waals surface area contributed by atoms with Gasteiger partial charge in [-0.1, -0.05) is 12.1 Å². The van der Waals surface area contributed by atoms with Crippen molar-refractivity contribution in [3.63, 3.8) is 0 Å². The number of hydrogen-bond acceptors (Lipinski definition) is 8. The van der Waals surface area contributed by atoms with Gasteiger partial charge in [0, 0.05) is 44.5 Å². The molecule has 2 aromatic carbocycles. The molecule has 3 aromatic rings. The van der Waals surface area contributed by atoms with Gasteiger partial charge < -0.3 is 29.5 Å². The number of halogens is 4. The van der Waals surface area contributed by atoms with Crippen LogP contribution >= 0.6 is 0 Å². The SMILES string of the molecule is COc1cc(N2CCC(N(C)C)CC2)c(F)cc1Nc1ncc(C(F)(F)F)c(Oc2cccc3c2C(=O)N(C)C32CC2)n1. The van der Waals surface area contributed by atoms with Gasteiger partial charge in [-0.2, -0.15) is 18.2 Å². The highest BCUT2D eigenvalue weighted by atomic mass is 19.4. The Morgan fingerprint density at radius 2 is 1.84 bits per heavy atom. The second kappa shape index (κ2) is 10.5. The van der Waals surface area contributed by atoms with E-state index < -0.39 is 29.0 Å². The summed E-state index contributed by atoms with van der Waals surface area (Å²) in [6.45, 7) is 1.34. The number of nitrogens with one attached hydrogen (secondary N) is 1. The van der Waals surface area contributed by atoms with E-state index in [2.05, 4.69) is 20.2 Å². The van der Waals surface area contributed by atoms with E-state index >= 15 is 4.39 Å². The van der Waals surface area contributed by atoms with Gasteiger partial charge in [0.25, 0.3) is 5.91 Å². The molecular weight excluding hydrogens is 568 g/mol. The van der Waals surface area contributed by atoms with Crippen molar-refractivity contribution in [1.82, 2.24) is 19.8 Å². The molecule has 228 valence electrons. The zero-order valence-corrected chi connectivity index (χ0v) is 24.3. The second-order valence-corrected chi connectivity index (χ2v) is 11.4. The van der Waals surface area contributed by atoms with Gasteiger partial charge in [-0.05, 0) is 51.4 Å². The number of alkyl halides is 3. The van der Waals surface area contributed by atoms with Crippen LogP contribution < -0.4 is 19.7 Å². The summed E-state index contributed by atoms with van der Waals surface area (Å²) >= 11 is 0. The van der Waals surface area contributed by atoms with Crippen LogP contribution in [-0.4, -0.2) is 73.1 Å². The minimum Gasteiger partial charge on any atom is -0.494 e. The molecule has 9 nitrogen and oxygen atoms in total. The molecule has 0 atom stereocenters. The summed E-state index contributed by atoms with van der Waals surface area (Å²) in [5.74, 6) is -1.66. The number of benzene rings is 2. The molecule has 6 rings (SSSR count).